The molecule has 6 heteroatoms. The molecule has 0 saturated carbocycles. The summed E-state index contributed by atoms with van der Waals surface area (Å²) in [5, 5.41) is 3.39. The second kappa shape index (κ2) is 9.16. The van der Waals surface area contributed by atoms with E-state index in [1.807, 2.05) is 60.4 Å². The van der Waals surface area contributed by atoms with E-state index in [1.54, 1.807) is 10.8 Å². The van der Waals surface area contributed by atoms with Crippen LogP contribution in [0, 0.1) is 6.92 Å². The molecule has 1 aliphatic rings. The number of aryl methyl sites for hydroxylation is 1. The lowest BCUT2D eigenvalue weighted by Gasteiger charge is -2.27. The number of ketones is 1. The largest absolute Gasteiger partial charge is 0.345 e. The van der Waals surface area contributed by atoms with Crippen molar-refractivity contribution in [3.8, 4) is 0 Å². The first-order valence-electron chi connectivity index (χ1n) is 10.8. The van der Waals surface area contributed by atoms with E-state index in [0.717, 1.165) is 49.0 Å². The van der Waals surface area contributed by atoms with E-state index in [0.29, 0.717) is 10.9 Å². The molecule has 0 spiro atoms. The second-order valence-electron chi connectivity index (χ2n) is 8.13. The van der Waals surface area contributed by atoms with Crippen molar-refractivity contribution < 1.29 is 14.4 Å². The fraction of sp³-hybridized carbons (Fsp3) is 0.320. The molecule has 1 aliphatic heterocycles. The first kappa shape index (κ1) is 20.8. The molecule has 6 nitrogen and oxygen atoms in total. The first-order valence-corrected chi connectivity index (χ1v) is 10.8. The Balaban J connectivity index is 1.51. The highest BCUT2D eigenvalue weighted by atomic mass is 16.2. The zero-order valence-corrected chi connectivity index (χ0v) is 17.8. The van der Waals surface area contributed by atoms with Crippen molar-refractivity contribution in [1.82, 2.24) is 14.8 Å². The maximum absolute atomic E-state index is 12.9. The predicted molar refractivity (Wildman–Crippen MR) is 120 cm³/mol. The molecule has 4 rings (SSSR count). The molecule has 1 fully saturated rings. The second-order valence-corrected chi connectivity index (χ2v) is 8.13. The summed E-state index contributed by atoms with van der Waals surface area (Å²) in [7, 11) is 0. The van der Waals surface area contributed by atoms with Crippen molar-refractivity contribution in [3.63, 3.8) is 0 Å². The van der Waals surface area contributed by atoms with Gasteiger partial charge in [-0.25, -0.2) is 0 Å². The number of rotatable bonds is 6. The molecular formula is C25H27N3O3. The van der Waals surface area contributed by atoms with Crippen molar-refractivity contribution in [2.45, 2.75) is 39.3 Å². The van der Waals surface area contributed by atoms with Crippen LogP contribution in [0.4, 0.5) is 0 Å². The average molecular weight is 418 g/mol. The van der Waals surface area contributed by atoms with E-state index in [1.165, 1.54) is 0 Å². The van der Waals surface area contributed by atoms with Crippen molar-refractivity contribution in [1.29, 1.82) is 0 Å². The molecule has 0 bridgehead atoms. The Hall–Kier alpha value is -3.41. The number of carbonyl (C=O) groups is 3. The third-order valence-corrected chi connectivity index (χ3v) is 5.83. The first-order chi connectivity index (χ1) is 15.0. The Morgan fingerprint density at radius 2 is 1.65 bits per heavy atom. The molecule has 0 unspecified atom stereocenters. The Bertz CT molecular complexity index is 1110. The topological polar surface area (TPSA) is 71.4 Å². The van der Waals surface area contributed by atoms with Gasteiger partial charge in [0.1, 0.15) is 6.54 Å². The number of benzene rings is 2. The molecule has 2 aromatic carbocycles. The zero-order chi connectivity index (χ0) is 21.8. The summed E-state index contributed by atoms with van der Waals surface area (Å²) in [4.78, 5) is 40.1. The lowest BCUT2D eigenvalue weighted by Crippen LogP contribution is -2.37. The third-order valence-electron chi connectivity index (χ3n) is 5.83. The minimum absolute atomic E-state index is 0.0447. The van der Waals surface area contributed by atoms with E-state index >= 15 is 0 Å². The van der Waals surface area contributed by atoms with Gasteiger partial charge in [-0.2, -0.15) is 0 Å². The van der Waals surface area contributed by atoms with Crippen LogP contribution in [0.5, 0.6) is 0 Å². The molecular weight excluding hydrogens is 390 g/mol. The number of nitrogens with one attached hydrogen (secondary N) is 1. The Morgan fingerprint density at radius 3 is 2.39 bits per heavy atom. The fourth-order valence-electron chi connectivity index (χ4n) is 4.04. The van der Waals surface area contributed by atoms with E-state index < -0.39 is 11.7 Å². The number of para-hydroxylation sites is 1. The average Bonchev–Trinajstić information content (AvgIpc) is 3.17. The fourth-order valence-corrected chi connectivity index (χ4v) is 4.04. The molecule has 31 heavy (non-hydrogen) atoms. The number of fused-ring (bicyclic) bond motifs is 1. The van der Waals surface area contributed by atoms with Gasteiger partial charge in [0.2, 0.25) is 5.91 Å². The van der Waals surface area contributed by atoms with E-state index in [-0.39, 0.29) is 19.0 Å². The summed E-state index contributed by atoms with van der Waals surface area (Å²) in [6.07, 6.45) is 4.86. The van der Waals surface area contributed by atoms with Crippen LogP contribution in [-0.2, 0) is 22.7 Å². The summed E-state index contributed by atoms with van der Waals surface area (Å²) in [5.41, 5.74) is 3.17. The summed E-state index contributed by atoms with van der Waals surface area (Å²) < 4.78 is 1.78. The van der Waals surface area contributed by atoms with Crippen molar-refractivity contribution >= 4 is 28.5 Å². The third kappa shape index (κ3) is 4.68. The minimum Gasteiger partial charge on any atom is -0.345 e. The number of carbonyl (C=O) groups excluding carboxylic acids is 3. The lowest BCUT2D eigenvalue weighted by molar-refractivity contribution is -0.132. The van der Waals surface area contributed by atoms with Crippen LogP contribution in [0.3, 0.4) is 0 Å². The maximum atomic E-state index is 12.9. The number of likely N-dealkylation sites (tertiary alicyclic amines) is 1. The van der Waals surface area contributed by atoms with Crippen LogP contribution >= 0.6 is 0 Å². The molecule has 2 amide bonds. The van der Waals surface area contributed by atoms with Gasteiger partial charge in [-0.15, -0.1) is 0 Å². The van der Waals surface area contributed by atoms with Gasteiger partial charge in [0.15, 0.2) is 0 Å². The Labute approximate surface area is 181 Å². The van der Waals surface area contributed by atoms with E-state index in [4.69, 9.17) is 0 Å². The van der Waals surface area contributed by atoms with Gasteiger partial charge in [0.25, 0.3) is 11.7 Å². The van der Waals surface area contributed by atoms with Gasteiger partial charge in [-0.05, 0) is 37.8 Å². The number of aromatic nitrogens is 1. The van der Waals surface area contributed by atoms with Crippen molar-refractivity contribution in [3.05, 3.63) is 71.4 Å². The van der Waals surface area contributed by atoms with Crippen LogP contribution in [0.15, 0.2) is 54.7 Å². The number of Topliss-reactive ketones (excluding diaryl/α,β-unsaturated/α-hetero) is 1. The van der Waals surface area contributed by atoms with Gasteiger partial charge < -0.3 is 14.8 Å². The number of hydrogen-bond donors (Lipinski definition) is 1. The maximum Gasteiger partial charge on any atom is 0.292 e. The molecule has 1 saturated heterocycles. The van der Waals surface area contributed by atoms with Gasteiger partial charge in [0.05, 0.1) is 5.56 Å². The van der Waals surface area contributed by atoms with Crippen molar-refractivity contribution in [2.24, 2.45) is 0 Å². The van der Waals surface area contributed by atoms with E-state index in [9.17, 15) is 14.4 Å². The monoisotopic (exact) mass is 417 g/mol. The predicted octanol–water partition coefficient (Wildman–Crippen LogP) is 3.46. The quantitative estimate of drug-likeness (QED) is 0.493. The molecule has 160 valence electrons. The lowest BCUT2D eigenvalue weighted by atomic mass is 10.1. The molecule has 0 atom stereocenters. The molecule has 0 radical (unpaired) electrons. The molecule has 1 aromatic heterocycles. The smallest absolute Gasteiger partial charge is 0.292 e. The number of nitrogens with zero attached hydrogens (tertiary/aromatic N) is 2. The SMILES string of the molecule is Cc1ccc(CNC(=O)C(=O)c2cn(CC(=O)N3CCCCC3)c3ccccc23)cc1. The standard InChI is InChI=1S/C25H27N3O3/c1-18-9-11-19(12-10-18)15-26-25(31)24(30)21-16-28(22-8-4-3-7-20(21)22)17-23(29)27-13-5-2-6-14-27/h3-4,7-12,16H,2,5-6,13-15,17H2,1H3,(H,26,31). The summed E-state index contributed by atoms with van der Waals surface area (Å²) in [6, 6.07) is 15.2. The zero-order valence-electron chi connectivity index (χ0n) is 17.8. The highest BCUT2D eigenvalue weighted by Gasteiger charge is 2.23. The Morgan fingerprint density at radius 1 is 0.935 bits per heavy atom. The van der Waals surface area contributed by atoms with Crippen LogP contribution in [-0.4, -0.2) is 40.2 Å². The van der Waals surface area contributed by atoms with Crippen LogP contribution in [0.1, 0.15) is 40.7 Å². The van der Waals surface area contributed by atoms with Gasteiger partial charge in [-0.3, -0.25) is 14.4 Å². The number of amides is 2. The van der Waals surface area contributed by atoms with Crippen LogP contribution < -0.4 is 5.32 Å². The van der Waals surface area contributed by atoms with Crippen LogP contribution in [0.2, 0.25) is 0 Å². The summed E-state index contributed by atoms with van der Waals surface area (Å²) in [6.45, 7) is 4.02. The molecule has 3 aromatic rings. The van der Waals surface area contributed by atoms with Gasteiger partial charge in [0, 0.05) is 36.7 Å². The van der Waals surface area contributed by atoms with E-state index in [2.05, 4.69) is 5.32 Å². The molecule has 0 aliphatic carbocycles. The van der Waals surface area contributed by atoms with Gasteiger partial charge >= 0.3 is 0 Å². The Kier molecular flexibility index (Phi) is 6.16. The summed E-state index contributed by atoms with van der Waals surface area (Å²) in [5.74, 6) is -1.19. The highest BCUT2D eigenvalue weighted by Crippen LogP contribution is 2.22. The summed E-state index contributed by atoms with van der Waals surface area (Å²) >= 11 is 0. The highest BCUT2D eigenvalue weighted by molar-refractivity contribution is 6.45. The van der Waals surface area contributed by atoms with Crippen molar-refractivity contribution in [2.75, 3.05) is 13.1 Å². The molecule has 2 heterocycles. The number of piperidine rings is 1. The normalized spacial score (nSPS) is 13.9. The minimum atomic E-state index is -0.647. The molecule has 1 N–H and O–H groups in total. The van der Waals surface area contributed by atoms with Crippen LogP contribution in [0.25, 0.3) is 10.9 Å². The number of hydrogen-bond acceptors (Lipinski definition) is 3. The van der Waals surface area contributed by atoms with Gasteiger partial charge in [-0.1, -0.05) is 48.0 Å².